The van der Waals surface area contributed by atoms with Crippen molar-refractivity contribution < 1.29 is 14.3 Å². The Morgan fingerprint density at radius 3 is 2.63 bits per heavy atom. The Morgan fingerprint density at radius 2 is 2.05 bits per heavy atom. The molecule has 0 saturated heterocycles. The Bertz CT molecular complexity index is 488. The average molecular weight is 284 g/mol. The summed E-state index contributed by atoms with van der Waals surface area (Å²) in [5, 5.41) is 0.517. The predicted octanol–water partition coefficient (Wildman–Crippen LogP) is 2.53. The van der Waals surface area contributed by atoms with Crippen molar-refractivity contribution in [2.75, 3.05) is 20.7 Å². The fourth-order valence-electron chi connectivity index (χ4n) is 1.80. The molecule has 104 valence electrons. The molecule has 19 heavy (non-hydrogen) atoms. The molecule has 0 aliphatic carbocycles. The molecular weight excluding hydrogens is 266 g/mol. The van der Waals surface area contributed by atoms with Gasteiger partial charge in [0.25, 0.3) is 5.91 Å². The van der Waals surface area contributed by atoms with Crippen molar-refractivity contribution in [3.05, 3.63) is 34.3 Å². The summed E-state index contributed by atoms with van der Waals surface area (Å²) < 4.78 is 4.64. The van der Waals surface area contributed by atoms with E-state index in [4.69, 9.17) is 11.6 Å². The second-order valence-electron chi connectivity index (χ2n) is 4.57. The molecule has 1 rings (SSSR count). The zero-order valence-electron chi connectivity index (χ0n) is 11.6. The van der Waals surface area contributed by atoms with Crippen LogP contribution >= 0.6 is 11.6 Å². The van der Waals surface area contributed by atoms with Gasteiger partial charge in [0.2, 0.25) is 0 Å². The van der Waals surface area contributed by atoms with Gasteiger partial charge in [0.1, 0.15) is 0 Å². The van der Waals surface area contributed by atoms with E-state index in [0.717, 1.165) is 5.56 Å². The number of ether oxygens (including phenoxy) is 1. The summed E-state index contributed by atoms with van der Waals surface area (Å²) in [7, 11) is 2.99. The fraction of sp³-hybridized carbons (Fsp3) is 0.429. The van der Waals surface area contributed by atoms with E-state index in [1.165, 1.54) is 12.0 Å². The van der Waals surface area contributed by atoms with Gasteiger partial charge >= 0.3 is 5.97 Å². The number of halogens is 1. The molecule has 1 aromatic carbocycles. The van der Waals surface area contributed by atoms with E-state index >= 15 is 0 Å². The number of benzene rings is 1. The summed E-state index contributed by atoms with van der Waals surface area (Å²) in [4.78, 5) is 25.1. The van der Waals surface area contributed by atoms with Crippen molar-refractivity contribution in [3.63, 3.8) is 0 Å². The van der Waals surface area contributed by atoms with Crippen LogP contribution in [-0.2, 0) is 9.53 Å². The molecule has 0 aliphatic rings. The summed E-state index contributed by atoms with van der Waals surface area (Å²) in [6, 6.07) is 5.18. The Balaban J connectivity index is 2.82. The first-order chi connectivity index (χ1) is 8.86. The van der Waals surface area contributed by atoms with E-state index < -0.39 is 0 Å². The van der Waals surface area contributed by atoms with Crippen LogP contribution in [0.4, 0.5) is 0 Å². The number of nitrogens with zero attached hydrogens (tertiary/aromatic N) is 1. The highest BCUT2D eigenvalue weighted by Crippen LogP contribution is 2.17. The summed E-state index contributed by atoms with van der Waals surface area (Å²) in [5.41, 5.74) is 1.40. The third-order valence-electron chi connectivity index (χ3n) is 2.93. The number of amides is 1. The first-order valence-electron chi connectivity index (χ1n) is 5.96. The summed E-state index contributed by atoms with van der Waals surface area (Å²) in [6.45, 7) is 3.87. The largest absolute Gasteiger partial charge is 0.469 e. The lowest BCUT2D eigenvalue weighted by molar-refractivity contribution is -0.145. The normalized spacial score (nSPS) is 11.8. The third kappa shape index (κ3) is 3.96. The quantitative estimate of drug-likeness (QED) is 0.798. The lowest BCUT2D eigenvalue weighted by Crippen LogP contribution is -2.34. The molecule has 1 atom stereocenters. The van der Waals surface area contributed by atoms with Crippen LogP contribution in [-0.4, -0.2) is 37.5 Å². The van der Waals surface area contributed by atoms with Gasteiger partial charge in [0, 0.05) is 24.2 Å². The van der Waals surface area contributed by atoms with E-state index in [2.05, 4.69) is 4.74 Å². The number of methoxy groups -OCH3 is 1. The van der Waals surface area contributed by atoms with Crippen LogP contribution in [0.1, 0.15) is 22.8 Å². The molecule has 0 aliphatic heterocycles. The van der Waals surface area contributed by atoms with Gasteiger partial charge < -0.3 is 9.64 Å². The number of hydrogen-bond donors (Lipinski definition) is 0. The molecule has 1 unspecified atom stereocenters. The number of carbonyl (C=O) groups excluding carboxylic acids is 2. The number of hydrogen-bond acceptors (Lipinski definition) is 3. The Labute approximate surface area is 118 Å². The van der Waals surface area contributed by atoms with Crippen LogP contribution < -0.4 is 0 Å². The highest BCUT2D eigenvalue weighted by atomic mass is 35.5. The van der Waals surface area contributed by atoms with Gasteiger partial charge in [0.15, 0.2) is 0 Å². The maximum absolute atomic E-state index is 12.3. The summed E-state index contributed by atoms with van der Waals surface area (Å²) >= 11 is 5.90. The molecule has 0 spiro atoms. The molecule has 0 N–H and O–H groups in total. The second-order valence-corrected chi connectivity index (χ2v) is 5.01. The third-order valence-corrected chi connectivity index (χ3v) is 3.16. The van der Waals surface area contributed by atoms with E-state index in [9.17, 15) is 9.59 Å². The van der Waals surface area contributed by atoms with Crippen LogP contribution in [0.15, 0.2) is 18.2 Å². The van der Waals surface area contributed by atoms with Gasteiger partial charge in [-0.3, -0.25) is 9.59 Å². The van der Waals surface area contributed by atoms with Gasteiger partial charge in [-0.2, -0.15) is 0 Å². The molecule has 0 aromatic heterocycles. The first-order valence-corrected chi connectivity index (χ1v) is 6.34. The minimum Gasteiger partial charge on any atom is -0.469 e. The molecule has 0 saturated carbocycles. The predicted molar refractivity (Wildman–Crippen MR) is 74.3 cm³/mol. The number of esters is 1. The van der Waals surface area contributed by atoms with E-state index in [1.807, 2.05) is 6.92 Å². The fourth-order valence-corrected chi connectivity index (χ4v) is 1.97. The lowest BCUT2D eigenvalue weighted by atomic mass is 10.1. The molecule has 1 amide bonds. The van der Waals surface area contributed by atoms with Crippen molar-refractivity contribution >= 4 is 23.5 Å². The Hall–Kier alpha value is -1.55. The standard InChI is InChI=1S/C14H18ClNO3/c1-9-5-6-11(15)7-12(9)13(17)16(3)8-10(2)14(18)19-4/h5-7,10H,8H2,1-4H3. The van der Waals surface area contributed by atoms with Gasteiger partial charge in [-0.1, -0.05) is 24.6 Å². The Kier molecular flexibility index (Phi) is 5.36. The van der Waals surface area contributed by atoms with Crippen LogP contribution in [0.5, 0.6) is 0 Å². The van der Waals surface area contributed by atoms with E-state index in [1.54, 1.807) is 32.2 Å². The van der Waals surface area contributed by atoms with Gasteiger partial charge in [-0.05, 0) is 24.6 Å². The zero-order chi connectivity index (χ0) is 14.6. The zero-order valence-corrected chi connectivity index (χ0v) is 12.3. The van der Waals surface area contributed by atoms with Gasteiger partial charge in [-0.25, -0.2) is 0 Å². The van der Waals surface area contributed by atoms with Crippen LogP contribution in [0.2, 0.25) is 5.02 Å². The van der Waals surface area contributed by atoms with Crippen LogP contribution in [0.3, 0.4) is 0 Å². The smallest absolute Gasteiger partial charge is 0.310 e. The Morgan fingerprint density at radius 1 is 1.42 bits per heavy atom. The van der Waals surface area contributed by atoms with Crippen molar-refractivity contribution in [1.29, 1.82) is 0 Å². The summed E-state index contributed by atoms with van der Waals surface area (Å²) in [5.74, 6) is -0.850. The maximum atomic E-state index is 12.3. The van der Waals surface area contributed by atoms with Crippen molar-refractivity contribution in [1.82, 2.24) is 4.90 Å². The second kappa shape index (κ2) is 6.57. The van der Waals surface area contributed by atoms with Crippen molar-refractivity contribution in [2.45, 2.75) is 13.8 Å². The van der Waals surface area contributed by atoms with Gasteiger partial charge in [-0.15, -0.1) is 0 Å². The monoisotopic (exact) mass is 283 g/mol. The molecule has 0 radical (unpaired) electrons. The number of rotatable bonds is 4. The molecular formula is C14H18ClNO3. The molecule has 5 heteroatoms. The number of carbonyl (C=O) groups is 2. The first kappa shape index (κ1) is 15.5. The van der Waals surface area contributed by atoms with Gasteiger partial charge in [0.05, 0.1) is 13.0 Å². The molecule has 4 nitrogen and oxygen atoms in total. The molecule has 1 aromatic rings. The number of aryl methyl sites for hydroxylation is 1. The topological polar surface area (TPSA) is 46.6 Å². The van der Waals surface area contributed by atoms with E-state index in [0.29, 0.717) is 17.1 Å². The molecule has 0 fully saturated rings. The molecule has 0 heterocycles. The highest BCUT2D eigenvalue weighted by molar-refractivity contribution is 6.31. The molecule has 0 bridgehead atoms. The SMILES string of the molecule is COC(=O)C(C)CN(C)C(=O)c1cc(Cl)ccc1C. The highest BCUT2D eigenvalue weighted by Gasteiger charge is 2.20. The maximum Gasteiger partial charge on any atom is 0.310 e. The minimum atomic E-state index is -0.363. The van der Waals surface area contributed by atoms with E-state index in [-0.39, 0.29) is 17.8 Å². The van der Waals surface area contributed by atoms with Crippen LogP contribution in [0, 0.1) is 12.8 Å². The van der Waals surface area contributed by atoms with Crippen LogP contribution in [0.25, 0.3) is 0 Å². The minimum absolute atomic E-state index is 0.157. The lowest BCUT2D eigenvalue weighted by Gasteiger charge is -2.21. The average Bonchev–Trinajstić information content (AvgIpc) is 2.39. The summed E-state index contributed by atoms with van der Waals surface area (Å²) in [6.07, 6.45) is 0. The van der Waals surface area contributed by atoms with Crippen molar-refractivity contribution in [3.8, 4) is 0 Å². The van der Waals surface area contributed by atoms with Crippen molar-refractivity contribution in [2.24, 2.45) is 5.92 Å².